The van der Waals surface area contributed by atoms with Gasteiger partial charge < -0.3 is 10.2 Å². The fraction of sp³-hybridized carbons (Fsp3) is 0.429. The van der Waals surface area contributed by atoms with Gasteiger partial charge in [-0.1, -0.05) is 18.2 Å². The lowest BCUT2D eigenvalue weighted by molar-refractivity contribution is -0.136. The van der Waals surface area contributed by atoms with Gasteiger partial charge in [0.1, 0.15) is 5.82 Å². The summed E-state index contributed by atoms with van der Waals surface area (Å²) < 4.78 is 13.3. The van der Waals surface area contributed by atoms with E-state index in [0.717, 1.165) is 23.3 Å². The minimum atomic E-state index is -0.289. The second kappa shape index (κ2) is 7.80. The molecule has 1 unspecified atom stereocenters. The molecule has 1 aliphatic carbocycles. The minimum Gasteiger partial charge on any atom is -0.344 e. The van der Waals surface area contributed by atoms with Crippen molar-refractivity contribution in [3.63, 3.8) is 0 Å². The maximum atomic E-state index is 13.3. The smallest absolute Gasteiger partial charge is 0.225 e. The zero-order chi connectivity index (χ0) is 18.8. The van der Waals surface area contributed by atoms with Crippen molar-refractivity contribution in [3.8, 4) is 0 Å². The number of benzene rings is 1. The molecule has 1 aromatic heterocycles. The van der Waals surface area contributed by atoms with E-state index in [1.807, 2.05) is 22.4 Å². The molecule has 4 rings (SSSR count). The lowest BCUT2D eigenvalue weighted by Crippen LogP contribution is -2.44. The Hall–Kier alpha value is -2.21. The van der Waals surface area contributed by atoms with Gasteiger partial charge in [0.15, 0.2) is 0 Å². The Morgan fingerprint density at radius 3 is 2.33 bits per heavy atom. The monoisotopic (exact) mass is 386 g/mol. The van der Waals surface area contributed by atoms with Crippen LogP contribution in [0.15, 0.2) is 41.8 Å². The fourth-order valence-corrected chi connectivity index (χ4v) is 4.44. The molecule has 0 spiro atoms. The molecular formula is C21H23FN2O2S. The van der Waals surface area contributed by atoms with Crippen molar-refractivity contribution in [1.82, 2.24) is 10.2 Å². The number of amides is 2. The zero-order valence-corrected chi connectivity index (χ0v) is 15.9. The number of nitrogens with one attached hydrogen (secondary N) is 1. The summed E-state index contributed by atoms with van der Waals surface area (Å²) in [6.07, 6.45) is 3.43. The molecule has 2 aliphatic rings. The van der Waals surface area contributed by atoms with Crippen LogP contribution in [0, 0.1) is 17.7 Å². The molecule has 6 heteroatoms. The van der Waals surface area contributed by atoms with Crippen LogP contribution in [0.25, 0.3) is 0 Å². The van der Waals surface area contributed by atoms with E-state index >= 15 is 0 Å². The number of thiophene rings is 1. The number of likely N-dealkylation sites (tertiary alicyclic amines) is 1. The van der Waals surface area contributed by atoms with Crippen LogP contribution >= 0.6 is 11.3 Å². The first kappa shape index (κ1) is 18.2. The van der Waals surface area contributed by atoms with Gasteiger partial charge in [-0.3, -0.25) is 9.59 Å². The average Bonchev–Trinajstić information content (AvgIpc) is 3.41. The van der Waals surface area contributed by atoms with E-state index < -0.39 is 0 Å². The summed E-state index contributed by atoms with van der Waals surface area (Å²) >= 11 is 1.57. The first-order valence-corrected chi connectivity index (χ1v) is 10.4. The molecule has 1 aromatic carbocycles. The Kier molecular flexibility index (Phi) is 5.25. The van der Waals surface area contributed by atoms with Crippen molar-refractivity contribution in [1.29, 1.82) is 0 Å². The fourth-order valence-electron chi connectivity index (χ4n) is 3.64. The number of halogens is 1. The van der Waals surface area contributed by atoms with E-state index in [2.05, 4.69) is 5.32 Å². The normalized spacial score (nSPS) is 18.9. The zero-order valence-electron chi connectivity index (χ0n) is 15.1. The Bertz CT molecular complexity index is 794. The van der Waals surface area contributed by atoms with Crippen LogP contribution in [-0.4, -0.2) is 29.8 Å². The molecule has 27 heavy (non-hydrogen) atoms. The van der Waals surface area contributed by atoms with Crippen LogP contribution in [0.5, 0.6) is 0 Å². The van der Waals surface area contributed by atoms with Gasteiger partial charge in [-0.15, -0.1) is 11.3 Å². The molecule has 1 saturated heterocycles. The molecule has 2 aromatic rings. The number of nitrogens with zero attached hydrogens (tertiary/aromatic N) is 1. The van der Waals surface area contributed by atoms with E-state index in [0.29, 0.717) is 25.9 Å². The lowest BCUT2D eigenvalue weighted by Gasteiger charge is -2.32. The quantitative estimate of drug-likeness (QED) is 0.851. The second-order valence-corrected chi connectivity index (χ2v) is 8.36. The molecule has 2 amide bonds. The number of hydrogen-bond acceptors (Lipinski definition) is 3. The Morgan fingerprint density at radius 1 is 1.04 bits per heavy atom. The van der Waals surface area contributed by atoms with Gasteiger partial charge in [0.2, 0.25) is 11.8 Å². The maximum absolute atomic E-state index is 13.3. The third-order valence-electron chi connectivity index (χ3n) is 5.42. The Labute approximate surface area is 162 Å². The van der Waals surface area contributed by atoms with Gasteiger partial charge in [0.05, 0.1) is 6.04 Å². The van der Waals surface area contributed by atoms with Crippen molar-refractivity contribution >= 4 is 23.2 Å². The molecule has 1 saturated carbocycles. The first-order valence-electron chi connectivity index (χ1n) is 9.50. The molecule has 2 fully saturated rings. The molecular weight excluding hydrogens is 363 g/mol. The third kappa shape index (κ3) is 4.21. The number of piperidine rings is 1. The predicted octanol–water partition coefficient (Wildman–Crippen LogP) is 3.74. The van der Waals surface area contributed by atoms with E-state index in [-0.39, 0.29) is 35.5 Å². The van der Waals surface area contributed by atoms with E-state index in [4.69, 9.17) is 0 Å². The number of carbonyl (C=O) groups is 2. The summed E-state index contributed by atoms with van der Waals surface area (Å²) in [6, 6.07) is 9.94. The third-order valence-corrected chi connectivity index (χ3v) is 6.36. The largest absolute Gasteiger partial charge is 0.344 e. The van der Waals surface area contributed by atoms with E-state index in [9.17, 15) is 14.0 Å². The number of carbonyl (C=O) groups excluding carboxylic acids is 2. The van der Waals surface area contributed by atoms with Crippen LogP contribution in [0.1, 0.15) is 42.2 Å². The Balaban J connectivity index is 1.41. The molecule has 0 radical (unpaired) electrons. The summed E-state index contributed by atoms with van der Waals surface area (Å²) in [7, 11) is 0. The van der Waals surface area contributed by atoms with Crippen LogP contribution in [0.3, 0.4) is 0 Å². The molecule has 142 valence electrons. The minimum absolute atomic E-state index is 0.0104. The second-order valence-electron chi connectivity index (χ2n) is 7.38. The molecule has 4 nitrogen and oxygen atoms in total. The summed E-state index contributed by atoms with van der Waals surface area (Å²) in [4.78, 5) is 28.0. The standard InChI is InChI=1S/C21H23FN2O2S/c22-17-7-5-14(6-8-17)19(18-2-1-13-27-18)23-20(25)15-9-11-24(12-10-15)21(26)16-3-4-16/h1-2,5-8,13,15-16,19H,3-4,9-12H2,(H,23,25). The highest BCUT2D eigenvalue weighted by Gasteiger charge is 2.36. The van der Waals surface area contributed by atoms with Gasteiger partial charge >= 0.3 is 0 Å². The van der Waals surface area contributed by atoms with Crippen LogP contribution in [0.4, 0.5) is 4.39 Å². The summed E-state index contributed by atoms with van der Waals surface area (Å²) in [5.74, 6) is 0.129. The summed E-state index contributed by atoms with van der Waals surface area (Å²) in [5, 5.41) is 5.12. The van der Waals surface area contributed by atoms with Crippen molar-refractivity contribution in [3.05, 3.63) is 58.0 Å². The van der Waals surface area contributed by atoms with Crippen LogP contribution in [-0.2, 0) is 9.59 Å². The number of rotatable bonds is 5. The van der Waals surface area contributed by atoms with Crippen LogP contribution in [0.2, 0.25) is 0 Å². The van der Waals surface area contributed by atoms with Crippen molar-refractivity contribution in [2.24, 2.45) is 11.8 Å². The van der Waals surface area contributed by atoms with Gasteiger partial charge in [-0.05, 0) is 54.8 Å². The highest BCUT2D eigenvalue weighted by Crippen LogP contribution is 2.33. The van der Waals surface area contributed by atoms with Gasteiger partial charge in [0.25, 0.3) is 0 Å². The van der Waals surface area contributed by atoms with Crippen molar-refractivity contribution in [2.75, 3.05) is 13.1 Å². The average molecular weight is 386 g/mol. The van der Waals surface area contributed by atoms with E-state index in [1.54, 1.807) is 23.5 Å². The summed E-state index contributed by atoms with van der Waals surface area (Å²) in [6.45, 7) is 1.32. The summed E-state index contributed by atoms with van der Waals surface area (Å²) in [5.41, 5.74) is 0.869. The molecule has 1 atom stereocenters. The van der Waals surface area contributed by atoms with Gasteiger partial charge in [0, 0.05) is 29.8 Å². The highest BCUT2D eigenvalue weighted by atomic mass is 32.1. The van der Waals surface area contributed by atoms with Crippen molar-refractivity contribution < 1.29 is 14.0 Å². The topological polar surface area (TPSA) is 49.4 Å². The predicted molar refractivity (Wildman–Crippen MR) is 103 cm³/mol. The first-order chi connectivity index (χ1) is 13.1. The number of hydrogen-bond donors (Lipinski definition) is 1. The molecule has 1 aliphatic heterocycles. The molecule has 0 bridgehead atoms. The molecule has 2 heterocycles. The van der Waals surface area contributed by atoms with Gasteiger partial charge in [-0.25, -0.2) is 4.39 Å². The van der Waals surface area contributed by atoms with Gasteiger partial charge in [-0.2, -0.15) is 0 Å². The highest BCUT2D eigenvalue weighted by molar-refractivity contribution is 7.10. The van der Waals surface area contributed by atoms with E-state index in [1.165, 1.54) is 12.1 Å². The Morgan fingerprint density at radius 2 is 1.74 bits per heavy atom. The SMILES string of the molecule is O=C(NC(c1ccc(F)cc1)c1cccs1)C1CCN(C(=O)C2CC2)CC1. The molecule has 1 N–H and O–H groups in total. The lowest BCUT2D eigenvalue weighted by atomic mass is 9.94. The van der Waals surface area contributed by atoms with Crippen LogP contribution < -0.4 is 5.32 Å². The maximum Gasteiger partial charge on any atom is 0.225 e. The van der Waals surface area contributed by atoms with Crippen molar-refractivity contribution in [2.45, 2.75) is 31.7 Å².